The molecular weight excluding hydrogens is 368 g/mol. The van der Waals surface area contributed by atoms with Gasteiger partial charge in [0.15, 0.2) is 11.5 Å². The topological polar surface area (TPSA) is 115 Å². The highest BCUT2D eigenvalue weighted by Crippen LogP contribution is 2.23. The molecule has 0 atom stereocenters. The van der Waals surface area contributed by atoms with Gasteiger partial charge in [-0.1, -0.05) is 12.1 Å². The molecule has 148 valence electrons. The first-order valence-corrected chi connectivity index (χ1v) is 9.49. The van der Waals surface area contributed by atoms with Crippen LogP contribution in [0.15, 0.2) is 42.7 Å². The van der Waals surface area contributed by atoms with Crippen LogP contribution in [-0.4, -0.2) is 64.5 Å². The lowest BCUT2D eigenvalue weighted by atomic mass is 10.1. The van der Waals surface area contributed by atoms with E-state index in [-0.39, 0.29) is 5.69 Å². The van der Waals surface area contributed by atoms with Gasteiger partial charge >= 0.3 is 0 Å². The standard InChI is InChI=1S/C20H22N8O/c21-12-17-13-24-20(14-23-17)25-19-11-18(26-27-19)15-1-3-16(4-2-15)22-5-6-28-7-9-29-10-8-28/h1-4,11,13-14,22H,5-10H2,(H2,24,25,26,27). The van der Waals surface area contributed by atoms with Gasteiger partial charge in [-0.05, 0) is 17.7 Å². The van der Waals surface area contributed by atoms with Crippen LogP contribution in [0.2, 0.25) is 0 Å². The Balaban J connectivity index is 1.31. The lowest BCUT2D eigenvalue weighted by molar-refractivity contribution is 0.0398. The number of aromatic amines is 1. The summed E-state index contributed by atoms with van der Waals surface area (Å²) in [4.78, 5) is 10.5. The minimum absolute atomic E-state index is 0.275. The fraction of sp³-hybridized carbons (Fsp3) is 0.300. The number of benzene rings is 1. The van der Waals surface area contributed by atoms with Crippen molar-refractivity contribution in [3.8, 4) is 17.3 Å². The molecule has 1 fully saturated rings. The van der Waals surface area contributed by atoms with Gasteiger partial charge in [-0.3, -0.25) is 10.00 Å². The van der Waals surface area contributed by atoms with Crippen molar-refractivity contribution in [3.63, 3.8) is 0 Å². The summed E-state index contributed by atoms with van der Waals surface area (Å²) in [5, 5.41) is 22.6. The molecule has 9 nitrogen and oxygen atoms in total. The third-order valence-corrected chi connectivity index (χ3v) is 4.66. The molecule has 0 aliphatic carbocycles. The van der Waals surface area contributed by atoms with Crippen LogP contribution in [0, 0.1) is 11.3 Å². The van der Waals surface area contributed by atoms with Gasteiger partial charge in [0.2, 0.25) is 0 Å². The zero-order chi connectivity index (χ0) is 19.9. The number of aromatic nitrogens is 4. The van der Waals surface area contributed by atoms with Crippen LogP contribution in [0.25, 0.3) is 11.3 Å². The number of morpholine rings is 1. The van der Waals surface area contributed by atoms with Crippen LogP contribution in [0.1, 0.15) is 5.69 Å². The second kappa shape index (κ2) is 9.14. The van der Waals surface area contributed by atoms with E-state index < -0.39 is 0 Å². The molecule has 0 saturated carbocycles. The van der Waals surface area contributed by atoms with Gasteiger partial charge < -0.3 is 15.4 Å². The Labute approximate surface area is 168 Å². The van der Waals surface area contributed by atoms with E-state index in [0.29, 0.717) is 11.6 Å². The van der Waals surface area contributed by atoms with Crippen molar-refractivity contribution in [3.05, 3.63) is 48.4 Å². The Morgan fingerprint density at radius 1 is 1.10 bits per heavy atom. The van der Waals surface area contributed by atoms with E-state index in [1.807, 2.05) is 12.1 Å². The van der Waals surface area contributed by atoms with E-state index in [1.165, 1.54) is 12.4 Å². The number of rotatable bonds is 7. The average Bonchev–Trinajstić information content (AvgIpc) is 3.24. The largest absolute Gasteiger partial charge is 0.384 e. The number of nitrogens with zero attached hydrogens (tertiary/aromatic N) is 5. The molecule has 9 heteroatoms. The Morgan fingerprint density at radius 2 is 1.93 bits per heavy atom. The maximum Gasteiger partial charge on any atom is 0.158 e. The van der Waals surface area contributed by atoms with E-state index in [4.69, 9.17) is 10.00 Å². The van der Waals surface area contributed by atoms with Crippen molar-refractivity contribution in [2.24, 2.45) is 0 Å². The molecule has 0 unspecified atom stereocenters. The predicted octanol–water partition coefficient (Wildman–Crippen LogP) is 2.23. The quantitative estimate of drug-likeness (QED) is 0.563. The number of anilines is 3. The fourth-order valence-corrected chi connectivity index (χ4v) is 3.07. The van der Waals surface area contributed by atoms with Gasteiger partial charge in [0.1, 0.15) is 11.9 Å². The first kappa shape index (κ1) is 18.9. The number of nitrogens with one attached hydrogen (secondary N) is 3. The maximum absolute atomic E-state index is 8.77. The van der Waals surface area contributed by atoms with Crippen LogP contribution in [0.5, 0.6) is 0 Å². The van der Waals surface area contributed by atoms with Crippen molar-refractivity contribution in [1.82, 2.24) is 25.1 Å². The highest BCUT2D eigenvalue weighted by molar-refractivity contribution is 5.66. The van der Waals surface area contributed by atoms with Crippen LogP contribution in [0.4, 0.5) is 17.3 Å². The molecule has 4 rings (SSSR count). The van der Waals surface area contributed by atoms with Crippen molar-refractivity contribution in [1.29, 1.82) is 5.26 Å². The molecule has 3 N–H and O–H groups in total. The normalized spacial score (nSPS) is 14.3. The summed E-state index contributed by atoms with van der Waals surface area (Å²) in [5.74, 6) is 1.16. The monoisotopic (exact) mass is 390 g/mol. The molecule has 3 heterocycles. The predicted molar refractivity (Wildman–Crippen MR) is 110 cm³/mol. The van der Waals surface area contributed by atoms with Crippen LogP contribution in [0.3, 0.4) is 0 Å². The number of nitriles is 1. The van der Waals surface area contributed by atoms with Crippen LogP contribution < -0.4 is 10.6 Å². The zero-order valence-corrected chi connectivity index (χ0v) is 15.9. The summed E-state index contributed by atoms with van der Waals surface area (Å²) in [5.41, 5.74) is 3.30. The number of H-pyrrole nitrogens is 1. The maximum atomic E-state index is 8.77. The van der Waals surface area contributed by atoms with Crippen LogP contribution in [-0.2, 0) is 4.74 Å². The second-order valence-electron chi connectivity index (χ2n) is 6.65. The molecular formula is C20H22N8O. The van der Waals surface area contributed by atoms with Crippen molar-refractivity contribution in [2.75, 3.05) is 50.0 Å². The molecule has 1 aromatic carbocycles. The van der Waals surface area contributed by atoms with Gasteiger partial charge in [0.05, 0.1) is 31.3 Å². The summed E-state index contributed by atoms with van der Waals surface area (Å²) in [7, 11) is 0. The summed E-state index contributed by atoms with van der Waals surface area (Å²) in [6.07, 6.45) is 2.92. The summed E-state index contributed by atoms with van der Waals surface area (Å²) in [6.45, 7) is 5.58. The molecule has 1 saturated heterocycles. The number of hydrogen-bond acceptors (Lipinski definition) is 8. The second-order valence-corrected chi connectivity index (χ2v) is 6.65. The first-order valence-electron chi connectivity index (χ1n) is 9.49. The highest BCUT2D eigenvalue weighted by atomic mass is 16.5. The molecule has 1 aliphatic heterocycles. The molecule has 0 radical (unpaired) electrons. The molecule has 3 aromatic rings. The number of ether oxygens (including phenoxy) is 1. The van der Waals surface area contributed by atoms with Gasteiger partial charge in [-0.15, -0.1) is 0 Å². The number of hydrogen-bond donors (Lipinski definition) is 3. The van der Waals surface area contributed by atoms with E-state index in [2.05, 4.69) is 60.0 Å². The minimum Gasteiger partial charge on any atom is -0.384 e. The smallest absolute Gasteiger partial charge is 0.158 e. The molecule has 2 aromatic heterocycles. The van der Waals surface area contributed by atoms with Gasteiger partial charge in [-0.25, -0.2) is 9.97 Å². The van der Waals surface area contributed by atoms with Gasteiger partial charge in [0.25, 0.3) is 0 Å². The molecule has 1 aliphatic rings. The molecule has 0 amide bonds. The SMILES string of the molecule is N#Cc1cnc(Nc2cc(-c3ccc(NCCN4CCOCC4)cc3)[nH]n2)cn1. The van der Waals surface area contributed by atoms with E-state index in [0.717, 1.165) is 56.3 Å². The van der Waals surface area contributed by atoms with Crippen molar-refractivity contribution < 1.29 is 4.74 Å². The van der Waals surface area contributed by atoms with Crippen molar-refractivity contribution in [2.45, 2.75) is 0 Å². The average molecular weight is 390 g/mol. The molecule has 29 heavy (non-hydrogen) atoms. The van der Waals surface area contributed by atoms with Gasteiger partial charge in [-0.2, -0.15) is 10.4 Å². The minimum atomic E-state index is 0.275. The lowest BCUT2D eigenvalue weighted by Crippen LogP contribution is -2.38. The Bertz CT molecular complexity index is 955. The summed E-state index contributed by atoms with van der Waals surface area (Å²) in [6, 6.07) is 12.1. The third kappa shape index (κ3) is 5.07. The molecule has 0 spiro atoms. The van der Waals surface area contributed by atoms with E-state index in [9.17, 15) is 0 Å². The zero-order valence-electron chi connectivity index (χ0n) is 15.9. The van der Waals surface area contributed by atoms with Crippen LogP contribution >= 0.6 is 0 Å². The molecule has 0 bridgehead atoms. The Hall–Kier alpha value is -3.48. The highest BCUT2D eigenvalue weighted by Gasteiger charge is 2.09. The lowest BCUT2D eigenvalue weighted by Gasteiger charge is -2.26. The first-order chi connectivity index (χ1) is 14.3. The van der Waals surface area contributed by atoms with Gasteiger partial charge in [0, 0.05) is 37.9 Å². The summed E-state index contributed by atoms with van der Waals surface area (Å²) >= 11 is 0. The van der Waals surface area contributed by atoms with E-state index in [1.54, 1.807) is 0 Å². The van der Waals surface area contributed by atoms with Crippen molar-refractivity contribution >= 4 is 17.3 Å². The summed E-state index contributed by atoms with van der Waals surface area (Å²) < 4.78 is 5.37. The van der Waals surface area contributed by atoms with E-state index >= 15 is 0 Å². The fourth-order valence-electron chi connectivity index (χ4n) is 3.07. The Kier molecular flexibility index (Phi) is 5.95. The Morgan fingerprint density at radius 3 is 2.66 bits per heavy atom. The third-order valence-electron chi connectivity index (χ3n) is 4.66.